The Morgan fingerprint density at radius 1 is 1.29 bits per heavy atom. The minimum Gasteiger partial charge on any atom is -0.396 e. The molecule has 0 amide bonds. The number of anilines is 1. The number of nitrogens with zero attached hydrogens (tertiary/aromatic N) is 3. The topological polar surface area (TPSA) is 98.3 Å². The maximum absolute atomic E-state index is 9.28. The molecule has 1 aromatic heterocycles. The van der Waals surface area contributed by atoms with Gasteiger partial charge in [0.2, 0.25) is 0 Å². The van der Waals surface area contributed by atoms with Crippen molar-refractivity contribution in [3.05, 3.63) is 77.2 Å². The highest BCUT2D eigenvalue weighted by molar-refractivity contribution is 5.75. The standard InChI is InChI=1S/C24H28N6O/c1-16(29-25)24-21-7-6-18(19-14-27-30(2)15-19)13-22(21)23(8-10-26-24)28-20-5-3-4-17(12-20)9-11-31/h3-7,12-15,23,25-26,28,31H,8-11H2,1-2H3/b24-16-,29-25?. The van der Waals surface area contributed by atoms with Gasteiger partial charge in [-0.1, -0.05) is 24.3 Å². The summed E-state index contributed by atoms with van der Waals surface area (Å²) in [5, 5.41) is 24.5. The lowest BCUT2D eigenvalue weighted by Gasteiger charge is -2.21. The Labute approximate surface area is 182 Å². The molecule has 0 saturated heterocycles. The number of aliphatic hydroxyl groups is 1. The molecule has 31 heavy (non-hydrogen) atoms. The maximum atomic E-state index is 9.28. The summed E-state index contributed by atoms with van der Waals surface area (Å²) in [7, 11) is 1.92. The summed E-state index contributed by atoms with van der Waals surface area (Å²) < 4.78 is 1.80. The molecule has 2 heterocycles. The summed E-state index contributed by atoms with van der Waals surface area (Å²) in [6.07, 6.45) is 5.40. The van der Waals surface area contributed by atoms with Gasteiger partial charge in [0.25, 0.3) is 0 Å². The van der Waals surface area contributed by atoms with E-state index in [-0.39, 0.29) is 12.6 Å². The molecule has 0 spiro atoms. The summed E-state index contributed by atoms with van der Waals surface area (Å²) >= 11 is 0. The van der Waals surface area contributed by atoms with E-state index >= 15 is 0 Å². The van der Waals surface area contributed by atoms with Gasteiger partial charge >= 0.3 is 0 Å². The number of hydrogen-bond donors (Lipinski definition) is 4. The molecule has 4 rings (SSSR count). The lowest BCUT2D eigenvalue weighted by molar-refractivity contribution is 0.299. The largest absolute Gasteiger partial charge is 0.396 e. The molecule has 0 radical (unpaired) electrons. The molecule has 3 aromatic rings. The zero-order valence-corrected chi connectivity index (χ0v) is 17.9. The van der Waals surface area contributed by atoms with E-state index in [1.807, 2.05) is 38.5 Å². The molecule has 160 valence electrons. The molecule has 7 nitrogen and oxygen atoms in total. The Kier molecular flexibility index (Phi) is 6.13. The fourth-order valence-electron chi connectivity index (χ4n) is 4.10. The van der Waals surface area contributed by atoms with Crippen molar-refractivity contribution in [3.63, 3.8) is 0 Å². The van der Waals surface area contributed by atoms with E-state index in [9.17, 15) is 5.11 Å². The van der Waals surface area contributed by atoms with Gasteiger partial charge in [0.15, 0.2) is 0 Å². The van der Waals surface area contributed by atoms with E-state index < -0.39 is 0 Å². The predicted octanol–water partition coefficient (Wildman–Crippen LogP) is 4.49. The van der Waals surface area contributed by atoms with Crippen LogP contribution < -0.4 is 10.6 Å². The second-order valence-corrected chi connectivity index (χ2v) is 7.86. The first kappa shape index (κ1) is 20.8. The molecule has 0 saturated carbocycles. The SMILES string of the molecule is C/C(N=N)=C1/NCCC(Nc2cccc(CCO)c2)c2cc(-c3cnn(C)c3)ccc21. The Morgan fingerprint density at radius 3 is 2.90 bits per heavy atom. The Bertz CT molecular complexity index is 1120. The van der Waals surface area contributed by atoms with Crippen molar-refractivity contribution >= 4 is 11.4 Å². The number of aliphatic hydroxyl groups excluding tert-OH is 1. The van der Waals surface area contributed by atoms with Crippen LogP contribution in [0.4, 0.5) is 5.69 Å². The third-order valence-corrected chi connectivity index (χ3v) is 5.67. The summed E-state index contributed by atoms with van der Waals surface area (Å²) in [6.45, 7) is 2.77. The fourth-order valence-corrected chi connectivity index (χ4v) is 4.10. The van der Waals surface area contributed by atoms with Crippen LogP contribution >= 0.6 is 0 Å². The Balaban J connectivity index is 1.78. The molecular formula is C24H28N6O. The van der Waals surface area contributed by atoms with Crippen molar-refractivity contribution in [2.75, 3.05) is 18.5 Å². The van der Waals surface area contributed by atoms with Crippen LogP contribution in [0.15, 0.2) is 65.7 Å². The lowest BCUT2D eigenvalue weighted by Crippen LogP contribution is -2.15. The van der Waals surface area contributed by atoms with Crippen LogP contribution in [0.2, 0.25) is 0 Å². The van der Waals surface area contributed by atoms with Crippen LogP contribution in [0.5, 0.6) is 0 Å². The molecule has 4 N–H and O–H groups in total. The first-order chi connectivity index (χ1) is 15.1. The average molecular weight is 417 g/mol. The normalized spacial score (nSPS) is 17.3. The van der Waals surface area contributed by atoms with Crippen molar-refractivity contribution < 1.29 is 5.11 Å². The van der Waals surface area contributed by atoms with Crippen LogP contribution in [0.25, 0.3) is 16.8 Å². The minimum atomic E-state index is 0.0829. The van der Waals surface area contributed by atoms with Crippen LogP contribution in [0, 0.1) is 5.53 Å². The summed E-state index contributed by atoms with van der Waals surface area (Å²) in [4.78, 5) is 0. The summed E-state index contributed by atoms with van der Waals surface area (Å²) in [6, 6.07) is 14.7. The van der Waals surface area contributed by atoms with Gasteiger partial charge < -0.3 is 15.7 Å². The van der Waals surface area contributed by atoms with Crippen LogP contribution in [-0.4, -0.2) is 28.0 Å². The molecule has 2 aromatic carbocycles. The minimum absolute atomic E-state index is 0.0829. The van der Waals surface area contributed by atoms with E-state index in [1.54, 1.807) is 4.68 Å². The van der Waals surface area contributed by atoms with Crippen LogP contribution in [0.1, 0.15) is 36.1 Å². The monoisotopic (exact) mass is 416 g/mol. The van der Waals surface area contributed by atoms with Gasteiger partial charge in [-0.2, -0.15) is 10.2 Å². The highest BCUT2D eigenvalue weighted by atomic mass is 16.2. The zero-order chi connectivity index (χ0) is 21.8. The van der Waals surface area contributed by atoms with E-state index in [0.717, 1.165) is 52.2 Å². The van der Waals surface area contributed by atoms with Gasteiger partial charge in [0, 0.05) is 43.2 Å². The van der Waals surface area contributed by atoms with Crippen molar-refractivity contribution in [2.45, 2.75) is 25.8 Å². The first-order valence-electron chi connectivity index (χ1n) is 10.5. The molecule has 0 bridgehead atoms. The molecular weight excluding hydrogens is 388 g/mol. The Hall–Kier alpha value is -3.45. The number of hydrogen-bond acceptors (Lipinski definition) is 6. The molecule has 1 unspecified atom stereocenters. The van der Waals surface area contributed by atoms with Crippen molar-refractivity contribution in [2.24, 2.45) is 12.2 Å². The van der Waals surface area contributed by atoms with E-state index in [1.165, 1.54) is 0 Å². The van der Waals surface area contributed by atoms with Gasteiger partial charge in [-0.15, -0.1) is 0 Å². The molecule has 0 fully saturated rings. The van der Waals surface area contributed by atoms with E-state index in [4.69, 9.17) is 5.53 Å². The molecule has 1 aliphatic rings. The molecule has 7 heteroatoms. The number of fused-ring (bicyclic) bond motifs is 1. The number of allylic oxidation sites excluding steroid dienone is 1. The fraction of sp³-hybridized carbons (Fsp3) is 0.292. The number of benzene rings is 2. The molecule has 1 atom stereocenters. The first-order valence-corrected chi connectivity index (χ1v) is 10.5. The highest BCUT2D eigenvalue weighted by Gasteiger charge is 2.23. The lowest BCUT2D eigenvalue weighted by atomic mass is 9.93. The molecule has 1 aliphatic heterocycles. The highest BCUT2D eigenvalue weighted by Crippen LogP contribution is 2.35. The van der Waals surface area contributed by atoms with Crippen LogP contribution in [-0.2, 0) is 13.5 Å². The summed E-state index contributed by atoms with van der Waals surface area (Å²) in [5.74, 6) is 0. The second-order valence-electron chi connectivity index (χ2n) is 7.86. The quantitative estimate of drug-likeness (QED) is 0.445. The van der Waals surface area contributed by atoms with E-state index in [2.05, 4.69) is 51.2 Å². The van der Waals surface area contributed by atoms with Crippen molar-refractivity contribution in [1.29, 1.82) is 5.53 Å². The Morgan fingerprint density at radius 2 is 2.16 bits per heavy atom. The number of nitrogens with one attached hydrogen (secondary N) is 3. The predicted molar refractivity (Wildman–Crippen MR) is 123 cm³/mol. The van der Waals surface area contributed by atoms with Crippen molar-refractivity contribution in [1.82, 2.24) is 15.1 Å². The van der Waals surface area contributed by atoms with Gasteiger partial charge in [-0.3, -0.25) is 4.68 Å². The second kappa shape index (κ2) is 9.14. The third-order valence-electron chi connectivity index (χ3n) is 5.67. The number of aryl methyl sites for hydroxylation is 1. The smallest absolute Gasteiger partial charge is 0.0829 e. The van der Waals surface area contributed by atoms with Gasteiger partial charge in [0.05, 0.1) is 23.6 Å². The van der Waals surface area contributed by atoms with Gasteiger partial charge in [-0.25, -0.2) is 5.53 Å². The molecule has 0 aliphatic carbocycles. The van der Waals surface area contributed by atoms with Crippen molar-refractivity contribution in [3.8, 4) is 11.1 Å². The number of rotatable bonds is 6. The zero-order valence-electron chi connectivity index (χ0n) is 17.9. The average Bonchev–Trinajstić information content (AvgIpc) is 3.14. The van der Waals surface area contributed by atoms with E-state index in [0.29, 0.717) is 12.1 Å². The number of aromatic nitrogens is 2. The maximum Gasteiger partial charge on any atom is 0.0829 e. The third kappa shape index (κ3) is 4.51. The van der Waals surface area contributed by atoms with Crippen LogP contribution in [0.3, 0.4) is 0 Å². The van der Waals surface area contributed by atoms with Gasteiger partial charge in [0.1, 0.15) is 0 Å². The van der Waals surface area contributed by atoms with Gasteiger partial charge in [-0.05, 0) is 54.7 Å². The summed E-state index contributed by atoms with van der Waals surface area (Å²) in [5.41, 5.74) is 15.6.